The second-order valence-corrected chi connectivity index (χ2v) is 7.09. The van der Waals surface area contributed by atoms with Gasteiger partial charge in [-0.2, -0.15) is 0 Å². The van der Waals surface area contributed by atoms with Crippen LogP contribution >= 0.6 is 11.3 Å². The minimum Gasteiger partial charge on any atom is -0.388 e. The highest BCUT2D eigenvalue weighted by molar-refractivity contribution is 7.12. The van der Waals surface area contributed by atoms with Crippen molar-refractivity contribution in [3.05, 3.63) is 21.9 Å². The molecule has 1 heterocycles. The maximum absolute atomic E-state index is 11.8. The van der Waals surface area contributed by atoms with Gasteiger partial charge < -0.3 is 15.7 Å². The lowest BCUT2D eigenvalue weighted by molar-refractivity contribution is 0.203. The van der Waals surface area contributed by atoms with Gasteiger partial charge in [0.15, 0.2) is 0 Å². The van der Waals surface area contributed by atoms with Crippen molar-refractivity contribution in [3.63, 3.8) is 0 Å². The van der Waals surface area contributed by atoms with Gasteiger partial charge >= 0.3 is 6.03 Å². The molecule has 1 saturated carbocycles. The van der Waals surface area contributed by atoms with Gasteiger partial charge in [0.05, 0.1) is 6.10 Å². The molecule has 0 aliphatic heterocycles. The fraction of sp³-hybridized carbons (Fsp3) is 0.688. The van der Waals surface area contributed by atoms with Crippen molar-refractivity contribution in [2.45, 2.75) is 57.5 Å². The minimum absolute atomic E-state index is 0.0569. The van der Waals surface area contributed by atoms with Crippen LogP contribution in [0.15, 0.2) is 12.1 Å². The number of carbonyl (C=O) groups excluding carboxylic acids is 1. The van der Waals surface area contributed by atoms with Crippen LogP contribution in [-0.2, 0) is 5.41 Å². The number of amides is 2. The molecule has 4 nitrogen and oxygen atoms in total. The van der Waals surface area contributed by atoms with Gasteiger partial charge in [0.2, 0.25) is 0 Å². The zero-order chi connectivity index (χ0) is 15.3. The van der Waals surface area contributed by atoms with Crippen LogP contribution in [0.2, 0.25) is 0 Å². The highest BCUT2D eigenvalue weighted by Gasteiger charge is 2.37. The van der Waals surface area contributed by atoms with E-state index in [1.807, 2.05) is 13.0 Å². The highest BCUT2D eigenvalue weighted by Crippen LogP contribution is 2.44. The Morgan fingerprint density at radius 2 is 2.10 bits per heavy atom. The van der Waals surface area contributed by atoms with Gasteiger partial charge in [0.1, 0.15) is 0 Å². The fourth-order valence-electron chi connectivity index (χ4n) is 2.97. The van der Waals surface area contributed by atoms with E-state index in [0.29, 0.717) is 13.1 Å². The third-order valence-electron chi connectivity index (χ3n) is 4.24. The molecule has 2 rings (SSSR count). The molecule has 5 heteroatoms. The van der Waals surface area contributed by atoms with Crippen molar-refractivity contribution >= 4 is 17.4 Å². The molecule has 118 valence electrons. The average molecular weight is 310 g/mol. The highest BCUT2D eigenvalue weighted by atomic mass is 32.1. The van der Waals surface area contributed by atoms with Gasteiger partial charge in [-0.05, 0) is 38.3 Å². The molecule has 1 atom stereocenters. The molecule has 2 amide bonds. The van der Waals surface area contributed by atoms with Crippen molar-refractivity contribution in [2.24, 2.45) is 0 Å². The molecule has 0 spiro atoms. The summed E-state index contributed by atoms with van der Waals surface area (Å²) in [6, 6.07) is 4.07. The van der Waals surface area contributed by atoms with Crippen LogP contribution in [0.5, 0.6) is 0 Å². The summed E-state index contributed by atoms with van der Waals surface area (Å²) >= 11 is 1.68. The second kappa shape index (κ2) is 7.27. The summed E-state index contributed by atoms with van der Waals surface area (Å²) < 4.78 is 0. The number of aliphatic hydroxyl groups excluding tert-OH is 1. The minimum atomic E-state index is -0.414. The van der Waals surface area contributed by atoms with E-state index in [4.69, 9.17) is 0 Å². The van der Waals surface area contributed by atoms with E-state index in [9.17, 15) is 9.90 Å². The number of aliphatic hydroxyl groups is 1. The van der Waals surface area contributed by atoms with Crippen molar-refractivity contribution in [3.8, 4) is 0 Å². The molecule has 21 heavy (non-hydrogen) atoms. The molecule has 0 saturated heterocycles. The van der Waals surface area contributed by atoms with Crippen molar-refractivity contribution < 1.29 is 9.90 Å². The number of urea groups is 1. The zero-order valence-electron chi connectivity index (χ0n) is 12.9. The molecular weight excluding hydrogens is 284 g/mol. The van der Waals surface area contributed by atoms with Crippen LogP contribution in [0.25, 0.3) is 0 Å². The number of rotatable bonds is 6. The molecule has 0 aromatic carbocycles. The number of carbonyl (C=O) groups is 1. The smallest absolute Gasteiger partial charge is 0.314 e. The van der Waals surface area contributed by atoms with Gasteiger partial charge in [-0.25, -0.2) is 4.79 Å². The summed E-state index contributed by atoms with van der Waals surface area (Å²) in [7, 11) is 0. The maximum atomic E-state index is 11.8. The second-order valence-electron chi connectivity index (χ2n) is 5.97. The molecular formula is C16H26N2O2S. The molecule has 1 unspecified atom stereocenters. The standard InChI is InChI=1S/C16H26N2O2S/c1-3-10-17-15(20)18-11-16(8-4-5-9-16)14-7-6-13(21-14)12(2)19/h6-7,12,19H,3-5,8-11H2,1-2H3,(H2,17,18,20). The van der Waals surface area contributed by atoms with Crippen molar-refractivity contribution in [2.75, 3.05) is 13.1 Å². The predicted molar refractivity (Wildman–Crippen MR) is 86.8 cm³/mol. The summed E-state index contributed by atoms with van der Waals surface area (Å²) in [5.74, 6) is 0. The molecule has 1 fully saturated rings. The van der Waals surface area contributed by atoms with E-state index in [2.05, 4.69) is 16.7 Å². The summed E-state index contributed by atoms with van der Waals surface area (Å²) in [4.78, 5) is 14.1. The Bertz CT molecular complexity index is 465. The first-order valence-corrected chi connectivity index (χ1v) is 8.69. The lowest BCUT2D eigenvalue weighted by Crippen LogP contribution is -2.43. The molecule has 1 aliphatic rings. The summed E-state index contributed by atoms with van der Waals surface area (Å²) in [6.45, 7) is 5.24. The molecule has 0 radical (unpaired) electrons. The van der Waals surface area contributed by atoms with Crippen molar-refractivity contribution in [1.29, 1.82) is 0 Å². The number of hydrogen-bond acceptors (Lipinski definition) is 3. The predicted octanol–water partition coefficient (Wildman–Crippen LogP) is 3.32. The molecule has 1 aliphatic carbocycles. The third kappa shape index (κ3) is 3.98. The monoisotopic (exact) mass is 310 g/mol. The Kier molecular flexibility index (Phi) is 5.65. The Hall–Kier alpha value is -1.07. The van der Waals surface area contributed by atoms with E-state index in [0.717, 1.165) is 24.1 Å². The fourth-order valence-corrected chi connectivity index (χ4v) is 4.16. The van der Waals surface area contributed by atoms with E-state index in [-0.39, 0.29) is 11.4 Å². The lowest BCUT2D eigenvalue weighted by Gasteiger charge is -2.28. The Labute approximate surface area is 131 Å². The number of nitrogens with one attached hydrogen (secondary N) is 2. The lowest BCUT2D eigenvalue weighted by atomic mass is 9.84. The van der Waals surface area contributed by atoms with E-state index in [1.165, 1.54) is 17.7 Å². The van der Waals surface area contributed by atoms with E-state index < -0.39 is 6.10 Å². The van der Waals surface area contributed by atoms with Crippen LogP contribution in [0.1, 0.15) is 61.8 Å². The normalized spacial score (nSPS) is 18.4. The van der Waals surface area contributed by atoms with Crippen LogP contribution in [0.3, 0.4) is 0 Å². The van der Waals surface area contributed by atoms with Crippen LogP contribution < -0.4 is 10.6 Å². The quantitative estimate of drug-likeness (QED) is 0.755. The van der Waals surface area contributed by atoms with Gasteiger partial charge in [-0.1, -0.05) is 19.8 Å². The molecule has 0 bridgehead atoms. The third-order valence-corrected chi connectivity index (χ3v) is 5.75. The SMILES string of the molecule is CCCNC(=O)NCC1(c2ccc(C(C)O)s2)CCCC1. The van der Waals surface area contributed by atoms with Gasteiger partial charge in [0.25, 0.3) is 0 Å². The van der Waals surface area contributed by atoms with Crippen LogP contribution in [0.4, 0.5) is 4.79 Å². The van der Waals surface area contributed by atoms with Crippen molar-refractivity contribution in [1.82, 2.24) is 10.6 Å². The Morgan fingerprint density at radius 3 is 2.67 bits per heavy atom. The van der Waals surface area contributed by atoms with E-state index in [1.54, 1.807) is 18.3 Å². The summed E-state index contributed by atoms with van der Waals surface area (Å²) in [6.07, 6.45) is 5.17. The molecule has 3 N–H and O–H groups in total. The summed E-state index contributed by atoms with van der Waals surface area (Å²) in [5.41, 5.74) is 0.0569. The molecule has 1 aromatic rings. The van der Waals surface area contributed by atoms with Gasteiger partial charge in [-0.3, -0.25) is 0 Å². The Morgan fingerprint density at radius 1 is 1.38 bits per heavy atom. The first-order chi connectivity index (χ1) is 10.1. The average Bonchev–Trinajstić information content (AvgIpc) is 3.12. The topological polar surface area (TPSA) is 61.4 Å². The maximum Gasteiger partial charge on any atom is 0.314 e. The first-order valence-electron chi connectivity index (χ1n) is 7.87. The van der Waals surface area contributed by atoms with Crippen LogP contribution in [-0.4, -0.2) is 24.2 Å². The molecule has 1 aromatic heterocycles. The van der Waals surface area contributed by atoms with Gasteiger partial charge in [-0.15, -0.1) is 11.3 Å². The first kappa shape index (κ1) is 16.3. The largest absolute Gasteiger partial charge is 0.388 e. The summed E-state index contributed by atoms with van der Waals surface area (Å²) in [5, 5.41) is 15.6. The van der Waals surface area contributed by atoms with E-state index >= 15 is 0 Å². The Balaban J connectivity index is 2.04. The van der Waals surface area contributed by atoms with Crippen LogP contribution in [0, 0.1) is 0 Å². The zero-order valence-corrected chi connectivity index (χ0v) is 13.8. The number of hydrogen-bond donors (Lipinski definition) is 3. The van der Waals surface area contributed by atoms with Gasteiger partial charge in [0, 0.05) is 28.3 Å². The number of thiophene rings is 1.